The van der Waals surface area contributed by atoms with Gasteiger partial charge in [-0.3, -0.25) is 4.57 Å². The number of rotatable bonds is 5. The molecule has 10 heteroatoms. The van der Waals surface area contributed by atoms with E-state index >= 15 is 0 Å². The number of hydrogen-bond acceptors (Lipinski definition) is 6. The fraction of sp³-hybridized carbons (Fsp3) is 0.385. The number of benzene rings is 1. The highest BCUT2D eigenvalue weighted by atomic mass is 32.2. The maximum Gasteiger partial charge on any atom is 0.419 e. The van der Waals surface area contributed by atoms with Crippen LogP contribution in [0.4, 0.5) is 4.79 Å². The zero-order chi connectivity index (χ0) is 16.6. The zero-order valence-corrected chi connectivity index (χ0v) is 13.1. The van der Waals surface area contributed by atoms with Gasteiger partial charge < -0.3 is 14.1 Å². The van der Waals surface area contributed by atoms with Crippen molar-refractivity contribution in [1.29, 1.82) is 0 Å². The second kappa shape index (κ2) is 5.70. The van der Waals surface area contributed by atoms with Crippen LogP contribution in [0.1, 0.15) is 0 Å². The molecule has 0 unspecified atom stereocenters. The lowest BCUT2D eigenvalue weighted by Gasteiger charge is -2.13. The molecule has 0 bridgehead atoms. The molecule has 9 nitrogen and oxygen atoms in total. The molecule has 1 aromatic carbocycles. The minimum atomic E-state index is -3.76. The van der Waals surface area contributed by atoms with Crippen molar-refractivity contribution in [3.63, 3.8) is 0 Å². The van der Waals surface area contributed by atoms with Crippen LogP contribution >= 0.6 is 0 Å². The number of ether oxygens (including phenoxy) is 1. The molecule has 23 heavy (non-hydrogen) atoms. The summed E-state index contributed by atoms with van der Waals surface area (Å²) in [4.78, 5) is 24.1. The highest BCUT2D eigenvalue weighted by Gasteiger charge is 2.22. The molecule has 0 radical (unpaired) electrons. The summed E-state index contributed by atoms with van der Waals surface area (Å²) in [6.07, 6.45) is -0.448. The van der Waals surface area contributed by atoms with E-state index < -0.39 is 21.9 Å². The van der Waals surface area contributed by atoms with Crippen LogP contribution in [-0.2, 0) is 21.8 Å². The summed E-state index contributed by atoms with van der Waals surface area (Å²) in [5.74, 6) is -0.560. The quantitative estimate of drug-likeness (QED) is 0.810. The van der Waals surface area contributed by atoms with Gasteiger partial charge in [-0.05, 0) is 12.1 Å². The van der Waals surface area contributed by atoms with Crippen LogP contribution in [0, 0.1) is 0 Å². The number of nitrogens with one attached hydrogen (secondary N) is 1. The van der Waals surface area contributed by atoms with Crippen molar-refractivity contribution in [3.8, 4) is 0 Å². The van der Waals surface area contributed by atoms with Crippen LogP contribution in [0.25, 0.3) is 11.1 Å². The van der Waals surface area contributed by atoms with Crippen LogP contribution in [0.5, 0.6) is 0 Å². The first-order valence-corrected chi connectivity index (χ1v) is 8.38. The summed E-state index contributed by atoms with van der Waals surface area (Å²) >= 11 is 0. The number of cyclic esters (lactones) is 1. The Bertz CT molecular complexity index is 913. The molecule has 1 saturated heterocycles. The molecule has 1 aromatic heterocycles. The molecule has 0 aliphatic carbocycles. The Morgan fingerprint density at radius 2 is 2.09 bits per heavy atom. The number of nitrogens with zero attached hydrogens (tertiary/aromatic N) is 2. The average Bonchev–Trinajstić information content (AvgIpc) is 3.03. The van der Waals surface area contributed by atoms with Crippen molar-refractivity contribution in [2.24, 2.45) is 7.05 Å². The minimum Gasteiger partial charge on any atom is -0.448 e. The SMILES string of the molecule is Cn1c(=O)oc2cc(S(=O)(=O)NCCN3CCOC3=O)ccc21. The Labute approximate surface area is 131 Å². The lowest BCUT2D eigenvalue weighted by molar-refractivity contribution is 0.159. The molecule has 1 aliphatic rings. The van der Waals surface area contributed by atoms with Gasteiger partial charge in [0.05, 0.1) is 17.0 Å². The third-order valence-corrected chi connectivity index (χ3v) is 5.05. The average molecular weight is 341 g/mol. The van der Waals surface area contributed by atoms with E-state index in [1.165, 1.54) is 34.7 Å². The summed E-state index contributed by atoms with van der Waals surface area (Å²) in [6.45, 7) is 1.05. The highest BCUT2D eigenvalue weighted by Crippen LogP contribution is 2.17. The van der Waals surface area contributed by atoms with Gasteiger partial charge in [-0.15, -0.1) is 0 Å². The van der Waals surface area contributed by atoms with E-state index in [9.17, 15) is 18.0 Å². The van der Waals surface area contributed by atoms with Gasteiger partial charge in [0.15, 0.2) is 5.58 Å². The fourth-order valence-corrected chi connectivity index (χ4v) is 3.34. The molecule has 1 aliphatic heterocycles. The van der Waals surface area contributed by atoms with E-state index in [0.717, 1.165) is 0 Å². The second-order valence-corrected chi connectivity index (χ2v) is 6.82. The van der Waals surface area contributed by atoms with Gasteiger partial charge in [0.1, 0.15) is 6.61 Å². The zero-order valence-electron chi connectivity index (χ0n) is 12.3. The van der Waals surface area contributed by atoms with Crippen molar-refractivity contribution in [2.75, 3.05) is 26.2 Å². The minimum absolute atomic E-state index is 0.0108. The van der Waals surface area contributed by atoms with Crippen LogP contribution in [0.15, 0.2) is 32.3 Å². The van der Waals surface area contributed by atoms with E-state index in [-0.39, 0.29) is 23.6 Å². The van der Waals surface area contributed by atoms with Crippen LogP contribution in [0.2, 0.25) is 0 Å². The maximum absolute atomic E-state index is 12.3. The Morgan fingerprint density at radius 1 is 1.30 bits per heavy atom. The van der Waals surface area contributed by atoms with Gasteiger partial charge in [0.2, 0.25) is 10.0 Å². The number of sulfonamides is 1. The first-order chi connectivity index (χ1) is 10.9. The Kier molecular flexibility index (Phi) is 3.86. The molecular formula is C13H15N3O6S. The van der Waals surface area contributed by atoms with Gasteiger partial charge >= 0.3 is 11.8 Å². The summed E-state index contributed by atoms with van der Waals surface area (Å²) in [7, 11) is -2.23. The third-order valence-electron chi connectivity index (χ3n) is 3.59. The van der Waals surface area contributed by atoms with Crippen LogP contribution in [-0.4, -0.2) is 50.2 Å². The van der Waals surface area contributed by atoms with Crippen LogP contribution in [0.3, 0.4) is 0 Å². The Hall–Kier alpha value is -2.33. The predicted molar refractivity (Wildman–Crippen MR) is 79.6 cm³/mol. The van der Waals surface area contributed by atoms with Gasteiger partial charge in [-0.2, -0.15) is 0 Å². The molecular weight excluding hydrogens is 326 g/mol. The van der Waals surface area contributed by atoms with Gasteiger partial charge in [0, 0.05) is 26.2 Å². The lowest BCUT2D eigenvalue weighted by atomic mass is 10.3. The van der Waals surface area contributed by atoms with Gasteiger partial charge in [-0.25, -0.2) is 22.7 Å². The summed E-state index contributed by atoms with van der Waals surface area (Å²) in [6, 6.07) is 4.19. The molecule has 0 spiro atoms. The van der Waals surface area contributed by atoms with Gasteiger partial charge in [0.25, 0.3) is 0 Å². The summed E-state index contributed by atoms with van der Waals surface area (Å²) in [5.41, 5.74) is 0.706. The third kappa shape index (κ3) is 2.94. The van der Waals surface area contributed by atoms with Gasteiger partial charge in [-0.1, -0.05) is 0 Å². The monoisotopic (exact) mass is 341 g/mol. The number of hydrogen-bond donors (Lipinski definition) is 1. The molecule has 2 aromatic rings. The van der Waals surface area contributed by atoms with Crippen molar-refractivity contribution < 1.29 is 22.4 Å². The first-order valence-electron chi connectivity index (χ1n) is 6.89. The number of amides is 1. The number of oxazole rings is 1. The Balaban J connectivity index is 1.74. The maximum atomic E-state index is 12.3. The van der Waals surface area contributed by atoms with E-state index in [1.54, 1.807) is 0 Å². The second-order valence-electron chi connectivity index (χ2n) is 5.06. The largest absolute Gasteiger partial charge is 0.448 e. The summed E-state index contributed by atoms with van der Waals surface area (Å²) in [5, 5.41) is 0. The van der Waals surface area contributed by atoms with E-state index in [0.29, 0.717) is 18.7 Å². The predicted octanol–water partition coefficient (Wildman–Crippen LogP) is -0.138. The fourth-order valence-electron chi connectivity index (χ4n) is 2.31. The van der Waals surface area contributed by atoms with E-state index in [4.69, 9.17) is 9.15 Å². The lowest BCUT2D eigenvalue weighted by Crippen LogP contribution is -2.35. The normalized spacial score (nSPS) is 15.3. The molecule has 1 amide bonds. The smallest absolute Gasteiger partial charge is 0.419 e. The number of fused-ring (bicyclic) bond motifs is 1. The van der Waals surface area contributed by atoms with Crippen molar-refractivity contribution >= 4 is 27.2 Å². The molecule has 1 N–H and O–H groups in total. The molecule has 0 saturated carbocycles. The van der Waals surface area contributed by atoms with Crippen molar-refractivity contribution in [2.45, 2.75) is 4.90 Å². The molecule has 1 fully saturated rings. The number of carbonyl (C=O) groups excluding carboxylic acids is 1. The standard InChI is InChI=1S/C13H15N3O6S/c1-15-10-3-2-9(8-11(10)22-12(15)17)23(19,20)14-4-5-16-6-7-21-13(16)18/h2-3,8,14H,4-7H2,1H3. The Morgan fingerprint density at radius 3 is 2.78 bits per heavy atom. The number of aryl methyl sites for hydroxylation is 1. The highest BCUT2D eigenvalue weighted by molar-refractivity contribution is 7.89. The topological polar surface area (TPSA) is 111 Å². The van der Waals surface area contributed by atoms with Crippen LogP contribution < -0.4 is 10.5 Å². The van der Waals surface area contributed by atoms with E-state index in [2.05, 4.69) is 4.72 Å². The van der Waals surface area contributed by atoms with Crippen molar-refractivity contribution in [1.82, 2.24) is 14.2 Å². The molecule has 124 valence electrons. The summed E-state index contributed by atoms with van der Waals surface area (Å²) < 4.78 is 37.9. The molecule has 0 atom stereocenters. The first kappa shape index (κ1) is 15.6. The van der Waals surface area contributed by atoms with Crippen molar-refractivity contribution in [3.05, 3.63) is 28.7 Å². The van der Waals surface area contributed by atoms with E-state index in [1.807, 2.05) is 0 Å². The molecule has 3 rings (SSSR count). The molecule has 2 heterocycles. The number of aromatic nitrogens is 1. The number of carbonyl (C=O) groups is 1.